The Labute approximate surface area is 151 Å². The van der Waals surface area contributed by atoms with Gasteiger partial charge in [-0.1, -0.05) is 23.7 Å². The van der Waals surface area contributed by atoms with Crippen LogP contribution >= 0.6 is 11.6 Å². The summed E-state index contributed by atoms with van der Waals surface area (Å²) in [5.41, 5.74) is 3.10. The van der Waals surface area contributed by atoms with Crippen molar-refractivity contribution in [3.05, 3.63) is 76.6 Å². The van der Waals surface area contributed by atoms with Gasteiger partial charge in [0.15, 0.2) is 12.4 Å². The van der Waals surface area contributed by atoms with Crippen molar-refractivity contribution in [2.45, 2.75) is 20.6 Å². The molecule has 0 aliphatic carbocycles. The number of hydrogen-bond acceptors (Lipinski definition) is 3. The zero-order valence-corrected chi connectivity index (χ0v) is 14.7. The molecule has 0 bridgehead atoms. The molecule has 1 heterocycles. The number of hydrogen-bond donors (Lipinski definition) is 1. The number of benzene rings is 2. The molecule has 128 valence electrons. The SMILES string of the molecule is Cc1cccc(NC(=O)c2ccn(COc3ccc(Cl)c(C)c3)n2)c1. The van der Waals surface area contributed by atoms with Crippen molar-refractivity contribution in [2.75, 3.05) is 5.32 Å². The molecule has 25 heavy (non-hydrogen) atoms. The highest BCUT2D eigenvalue weighted by Crippen LogP contribution is 2.21. The summed E-state index contributed by atoms with van der Waals surface area (Å²) in [6.45, 7) is 4.09. The molecule has 0 saturated carbocycles. The van der Waals surface area contributed by atoms with Gasteiger partial charge in [0.1, 0.15) is 5.75 Å². The minimum atomic E-state index is -0.258. The van der Waals surface area contributed by atoms with Crippen LogP contribution < -0.4 is 10.1 Å². The quantitative estimate of drug-likeness (QED) is 0.736. The summed E-state index contributed by atoms with van der Waals surface area (Å²) in [5, 5.41) is 7.76. The second kappa shape index (κ2) is 7.40. The molecule has 0 aliphatic rings. The number of amides is 1. The first kappa shape index (κ1) is 17.0. The lowest BCUT2D eigenvalue weighted by Crippen LogP contribution is -2.14. The van der Waals surface area contributed by atoms with Gasteiger partial charge in [-0.15, -0.1) is 0 Å². The van der Waals surface area contributed by atoms with Crippen LogP contribution in [0.25, 0.3) is 0 Å². The highest BCUT2D eigenvalue weighted by Gasteiger charge is 2.10. The number of aromatic nitrogens is 2. The van der Waals surface area contributed by atoms with Gasteiger partial charge in [0.05, 0.1) is 0 Å². The molecule has 5 nitrogen and oxygen atoms in total. The second-order valence-corrected chi connectivity index (χ2v) is 6.16. The van der Waals surface area contributed by atoms with E-state index in [0.717, 1.165) is 16.8 Å². The molecule has 2 aromatic carbocycles. The first-order valence-corrected chi connectivity index (χ1v) is 8.19. The Kier molecular flexibility index (Phi) is 5.05. The predicted octanol–water partition coefficient (Wildman–Crippen LogP) is 4.44. The first-order valence-electron chi connectivity index (χ1n) is 7.82. The fourth-order valence-corrected chi connectivity index (χ4v) is 2.44. The van der Waals surface area contributed by atoms with Crippen molar-refractivity contribution in [2.24, 2.45) is 0 Å². The topological polar surface area (TPSA) is 56.2 Å². The van der Waals surface area contributed by atoms with E-state index in [1.807, 2.05) is 44.2 Å². The van der Waals surface area contributed by atoms with Gasteiger partial charge in [-0.25, -0.2) is 4.68 Å². The summed E-state index contributed by atoms with van der Waals surface area (Å²) < 4.78 is 7.23. The zero-order valence-electron chi connectivity index (χ0n) is 14.0. The smallest absolute Gasteiger partial charge is 0.276 e. The van der Waals surface area contributed by atoms with E-state index in [1.54, 1.807) is 29.1 Å². The molecule has 0 fully saturated rings. The maximum Gasteiger partial charge on any atom is 0.276 e. The van der Waals surface area contributed by atoms with Gasteiger partial charge >= 0.3 is 0 Å². The molecule has 1 aromatic heterocycles. The maximum atomic E-state index is 12.3. The lowest BCUT2D eigenvalue weighted by atomic mass is 10.2. The molecule has 0 radical (unpaired) electrons. The normalized spacial score (nSPS) is 10.5. The molecule has 3 aromatic rings. The standard InChI is InChI=1S/C19H18ClN3O2/c1-13-4-3-5-15(10-13)21-19(24)18-8-9-23(22-18)12-25-16-6-7-17(20)14(2)11-16/h3-11H,12H2,1-2H3,(H,21,24). The Morgan fingerprint density at radius 2 is 2.04 bits per heavy atom. The summed E-state index contributed by atoms with van der Waals surface area (Å²) in [7, 11) is 0. The zero-order chi connectivity index (χ0) is 17.8. The summed E-state index contributed by atoms with van der Waals surface area (Å²) >= 11 is 5.99. The number of ether oxygens (including phenoxy) is 1. The first-order chi connectivity index (χ1) is 12.0. The molecule has 0 spiro atoms. The van der Waals surface area contributed by atoms with Gasteiger partial charge < -0.3 is 10.1 Å². The van der Waals surface area contributed by atoms with E-state index in [0.29, 0.717) is 16.5 Å². The van der Waals surface area contributed by atoms with E-state index in [-0.39, 0.29) is 12.6 Å². The van der Waals surface area contributed by atoms with Gasteiger partial charge in [-0.05, 0) is 61.4 Å². The van der Waals surface area contributed by atoms with Crippen molar-refractivity contribution < 1.29 is 9.53 Å². The highest BCUT2D eigenvalue weighted by atomic mass is 35.5. The van der Waals surface area contributed by atoms with E-state index in [2.05, 4.69) is 10.4 Å². The van der Waals surface area contributed by atoms with Crippen molar-refractivity contribution >= 4 is 23.2 Å². The van der Waals surface area contributed by atoms with E-state index >= 15 is 0 Å². The van der Waals surface area contributed by atoms with Crippen molar-refractivity contribution in [1.82, 2.24) is 9.78 Å². The summed E-state index contributed by atoms with van der Waals surface area (Å²) in [5.74, 6) is 0.440. The Hall–Kier alpha value is -2.79. The third kappa shape index (κ3) is 4.39. The van der Waals surface area contributed by atoms with Crippen LogP contribution in [0.1, 0.15) is 21.6 Å². The molecule has 0 saturated heterocycles. The fraction of sp³-hybridized carbons (Fsp3) is 0.158. The minimum Gasteiger partial charge on any atom is -0.471 e. The van der Waals surface area contributed by atoms with E-state index in [4.69, 9.17) is 16.3 Å². The minimum absolute atomic E-state index is 0.207. The van der Waals surface area contributed by atoms with Crippen LogP contribution in [0.15, 0.2) is 54.7 Å². The average molecular weight is 356 g/mol. The Morgan fingerprint density at radius 1 is 1.20 bits per heavy atom. The molecule has 1 N–H and O–H groups in total. The lowest BCUT2D eigenvalue weighted by molar-refractivity contribution is 0.102. The van der Waals surface area contributed by atoms with Crippen LogP contribution in [0.2, 0.25) is 5.02 Å². The summed E-state index contributed by atoms with van der Waals surface area (Å²) in [4.78, 5) is 12.3. The molecule has 1 amide bonds. The Morgan fingerprint density at radius 3 is 2.80 bits per heavy atom. The van der Waals surface area contributed by atoms with Gasteiger partial charge in [-0.3, -0.25) is 4.79 Å². The number of anilines is 1. The van der Waals surface area contributed by atoms with E-state index in [1.165, 1.54) is 0 Å². The summed E-state index contributed by atoms with van der Waals surface area (Å²) in [6, 6.07) is 14.7. The molecular weight excluding hydrogens is 338 g/mol. The molecule has 3 rings (SSSR count). The number of halogens is 1. The fourth-order valence-electron chi connectivity index (χ4n) is 2.32. The van der Waals surface area contributed by atoms with Crippen LogP contribution in [0, 0.1) is 13.8 Å². The highest BCUT2D eigenvalue weighted by molar-refractivity contribution is 6.31. The Balaban J connectivity index is 1.61. The van der Waals surface area contributed by atoms with Crippen molar-refractivity contribution in [3.8, 4) is 5.75 Å². The van der Waals surface area contributed by atoms with Gasteiger partial charge in [0, 0.05) is 16.9 Å². The third-order valence-corrected chi connectivity index (χ3v) is 4.07. The number of aryl methyl sites for hydroxylation is 2. The average Bonchev–Trinajstić information content (AvgIpc) is 3.05. The molecule has 0 aliphatic heterocycles. The number of carbonyl (C=O) groups is 1. The van der Waals surface area contributed by atoms with Crippen LogP contribution in [0.5, 0.6) is 5.75 Å². The van der Waals surface area contributed by atoms with Gasteiger partial charge in [0.2, 0.25) is 0 Å². The van der Waals surface area contributed by atoms with E-state index in [9.17, 15) is 4.79 Å². The van der Waals surface area contributed by atoms with E-state index < -0.39 is 0 Å². The maximum absolute atomic E-state index is 12.3. The molecular formula is C19H18ClN3O2. The number of carbonyl (C=O) groups excluding carboxylic acids is 1. The number of rotatable bonds is 5. The molecule has 0 atom stereocenters. The molecule has 6 heteroatoms. The molecule has 0 unspecified atom stereocenters. The van der Waals surface area contributed by atoms with Crippen LogP contribution in [-0.4, -0.2) is 15.7 Å². The Bertz CT molecular complexity index is 905. The van der Waals surface area contributed by atoms with Crippen LogP contribution in [-0.2, 0) is 6.73 Å². The van der Waals surface area contributed by atoms with Crippen LogP contribution in [0.4, 0.5) is 5.69 Å². The van der Waals surface area contributed by atoms with Gasteiger partial charge in [0.25, 0.3) is 5.91 Å². The third-order valence-electron chi connectivity index (χ3n) is 3.64. The summed E-state index contributed by atoms with van der Waals surface area (Å²) in [6.07, 6.45) is 1.70. The number of nitrogens with one attached hydrogen (secondary N) is 1. The van der Waals surface area contributed by atoms with Gasteiger partial charge in [-0.2, -0.15) is 5.10 Å². The second-order valence-electron chi connectivity index (χ2n) is 5.75. The van der Waals surface area contributed by atoms with Crippen molar-refractivity contribution in [1.29, 1.82) is 0 Å². The van der Waals surface area contributed by atoms with Crippen molar-refractivity contribution in [3.63, 3.8) is 0 Å². The van der Waals surface area contributed by atoms with Crippen LogP contribution in [0.3, 0.4) is 0 Å². The monoisotopic (exact) mass is 355 g/mol. The number of nitrogens with zero attached hydrogens (tertiary/aromatic N) is 2. The predicted molar refractivity (Wildman–Crippen MR) is 98.2 cm³/mol. The lowest BCUT2D eigenvalue weighted by Gasteiger charge is -2.08. The largest absolute Gasteiger partial charge is 0.471 e.